The zero-order valence-electron chi connectivity index (χ0n) is 7.69. The number of hydrogen-bond donors (Lipinski definition) is 1. The van der Waals surface area contributed by atoms with Gasteiger partial charge in [0.15, 0.2) is 5.82 Å². The van der Waals surface area contributed by atoms with Gasteiger partial charge in [-0.2, -0.15) is 5.10 Å². The summed E-state index contributed by atoms with van der Waals surface area (Å²) in [6.45, 7) is 1.92. The average molecular weight is 207 g/mol. The van der Waals surface area contributed by atoms with Crippen LogP contribution in [0.3, 0.4) is 0 Å². The Bertz CT molecular complexity index is 456. The van der Waals surface area contributed by atoms with Gasteiger partial charge in [-0.3, -0.25) is 5.10 Å². The van der Waals surface area contributed by atoms with Crippen LogP contribution >= 0.6 is 11.5 Å². The fourth-order valence-electron chi connectivity index (χ4n) is 1.35. The van der Waals surface area contributed by atoms with E-state index >= 15 is 0 Å². The molecule has 2 heterocycles. The van der Waals surface area contributed by atoms with Crippen molar-refractivity contribution in [3.05, 3.63) is 11.5 Å². The molecule has 0 unspecified atom stereocenters. The van der Waals surface area contributed by atoms with Gasteiger partial charge >= 0.3 is 0 Å². The summed E-state index contributed by atoms with van der Waals surface area (Å²) in [7, 11) is 0. The first-order valence-corrected chi connectivity index (χ1v) is 5.33. The second-order valence-corrected chi connectivity index (χ2v) is 4.26. The summed E-state index contributed by atoms with van der Waals surface area (Å²) in [6.07, 6.45) is 2.46. The number of aryl methyl sites for hydroxylation is 1. The molecule has 0 amide bonds. The molecule has 72 valence electrons. The topological polar surface area (TPSA) is 67.3 Å². The highest BCUT2D eigenvalue weighted by Gasteiger charge is 2.27. The lowest BCUT2D eigenvalue weighted by molar-refractivity contribution is 0.935. The zero-order valence-corrected chi connectivity index (χ0v) is 8.51. The number of hydrogen-bond acceptors (Lipinski definition) is 5. The van der Waals surface area contributed by atoms with E-state index in [1.54, 1.807) is 0 Å². The largest absolute Gasteiger partial charge is 0.262 e. The summed E-state index contributed by atoms with van der Waals surface area (Å²) in [5.41, 5.74) is 0.899. The molecule has 0 radical (unpaired) electrons. The van der Waals surface area contributed by atoms with E-state index in [4.69, 9.17) is 0 Å². The SMILES string of the molecule is Cc1nnsc1-c1n[nH]c(C2CC2)n1. The standard InChI is InChI=1S/C8H9N5S/c1-4-6(14-13-10-4)8-9-7(11-12-8)5-2-3-5/h5H,2-3H2,1H3,(H,9,11,12). The van der Waals surface area contributed by atoms with Crippen LogP contribution in [-0.4, -0.2) is 24.8 Å². The summed E-state index contributed by atoms with van der Waals surface area (Å²) >= 11 is 1.34. The molecule has 5 nitrogen and oxygen atoms in total. The van der Waals surface area contributed by atoms with E-state index in [2.05, 4.69) is 24.8 Å². The molecule has 0 bridgehead atoms. The first-order valence-electron chi connectivity index (χ1n) is 4.56. The Labute approximate surface area is 84.7 Å². The molecule has 0 spiro atoms. The molecular weight excluding hydrogens is 198 g/mol. The highest BCUT2D eigenvalue weighted by molar-refractivity contribution is 7.09. The van der Waals surface area contributed by atoms with Gasteiger partial charge in [0, 0.05) is 5.92 Å². The molecule has 0 saturated heterocycles. The van der Waals surface area contributed by atoms with Gasteiger partial charge in [0.2, 0.25) is 0 Å². The molecule has 6 heteroatoms. The Morgan fingerprint density at radius 3 is 2.93 bits per heavy atom. The van der Waals surface area contributed by atoms with Crippen molar-refractivity contribution in [3.8, 4) is 10.7 Å². The molecule has 1 saturated carbocycles. The molecule has 14 heavy (non-hydrogen) atoms. The third-order valence-electron chi connectivity index (χ3n) is 2.32. The second kappa shape index (κ2) is 2.84. The van der Waals surface area contributed by atoms with Crippen LogP contribution < -0.4 is 0 Å². The summed E-state index contributed by atoms with van der Waals surface area (Å²) < 4.78 is 3.87. The van der Waals surface area contributed by atoms with E-state index in [0.717, 1.165) is 22.2 Å². The third kappa shape index (κ3) is 1.22. The maximum absolute atomic E-state index is 4.44. The van der Waals surface area contributed by atoms with Crippen molar-refractivity contribution >= 4 is 11.5 Å². The number of rotatable bonds is 2. The number of nitrogens with one attached hydrogen (secondary N) is 1. The van der Waals surface area contributed by atoms with Gasteiger partial charge in [-0.05, 0) is 31.3 Å². The molecule has 2 aromatic heterocycles. The van der Waals surface area contributed by atoms with Crippen molar-refractivity contribution in [2.24, 2.45) is 0 Å². The predicted molar refractivity (Wildman–Crippen MR) is 52.0 cm³/mol. The summed E-state index contributed by atoms with van der Waals surface area (Å²) in [5, 5.41) is 11.1. The zero-order chi connectivity index (χ0) is 9.54. The highest BCUT2D eigenvalue weighted by atomic mass is 32.1. The van der Waals surface area contributed by atoms with Crippen molar-refractivity contribution in [2.75, 3.05) is 0 Å². The monoisotopic (exact) mass is 207 g/mol. The van der Waals surface area contributed by atoms with E-state index in [9.17, 15) is 0 Å². The summed E-state index contributed by atoms with van der Waals surface area (Å²) in [6, 6.07) is 0. The normalized spacial score (nSPS) is 16.1. The van der Waals surface area contributed by atoms with Crippen LogP contribution in [0.5, 0.6) is 0 Å². The minimum Gasteiger partial charge on any atom is -0.262 e. The van der Waals surface area contributed by atoms with Crippen molar-refractivity contribution in [2.45, 2.75) is 25.7 Å². The Morgan fingerprint density at radius 1 is 1.43 bits per heavy atom. The molecule has 2 aromatic rings. The lowest BCUT2D eigenvalue weighted by Gasteiger charge is -1.86. The van der Waals surface area contributed by atoms with Crippen LogP contribution in [0.15, 0.2) is 0 Å². The molecule has 0 aliphatic heterocycles. The van der Waals surface area contributed by atoms with Crippen LogP contribution in [0, 0.1) is 6.92 Å². The first kappa shape index (κ1) is 8.05. The quantitative estimate of drug-likeness (QED) is 0.810. The molecule has 1 fully saturated rings. The molecule has 0 atom stereocenters. The number of nitrogens with zero attached hydrogens (tertiary/aromatic N) is 4. The van der Waals surface area contributed by atoms with Crippen LogP contribution in [0.4, 0.5) is 0 Å². The molecular formula is C8H9N5S. The van der Waals surface area contributed by atoms with Crippen LogP contribution in [-0.2, 0) is 0 Å². The van der Waals surface area contributed by atoms with Gasteiger partial charge in [-0.15, -0.1) is 5.10 Å². The van der Waals surface area contributed by atoms with Crippen LogP contribution in [0.1, 0.15) is 30.3 Å². The third-order valence-corrected chi connectivity index (χ3v) is 3.15. The number of aromatic amines is 1. The van der Waals surface area contributed by atoms with Gasteiger partial charge in [0.05, 0.1) is 5.69 Å². The molecule has 3 rings (SSSR count). The Balaban J connectivity index is 1.99. The van der Waals surface area contributed by atoms with Crippen molar-refractivity contribution in [1.82, 2.24) is 24.8 Å². The van der Waals surface area contributed by atoms with E-state index in [0.29, 0.717) is 5.92 Å². The fourth-order valence-corrected chi connectivity index (χ4v) is 1.94. The molecule has 1 N–H and O–H groups in total. The van der Waals surface area contributed by atoms with E-state index < -0.39 is 0 Å². The lowest BCUT2D eigenvalue weighted by atomic mass is 10.4. The Kier molecular flexibility index (Phi) is 1.63. The highest BCUT2D eigenvalue weighted by Crippen LogP contribution is 2.38. The van der Waals surface area contributed by atoms with Crippen molar-refractivity contribution < 1.29 is 0 Å². The maximum atomic E-state index is 4.44. The Hall–Kier alpha value is -1.30. The van der Waals surface area contributed by atoms with E-state index in [1.807, 2.05) is 6.92 Å². The molecule has 1 aliphatic carbocycles. The molecule has 1 aliphatic rings. The van der Waals surface area contributed by atoms with Gasteiger partial charge in [-0.25, -0.2) is 4.98 Å². The Morgan fingerprint density at radius 2 is 2.29 bits per heavy atom. The van der Waals surface area contributed by atoms with Crippen LogP contribution in [0.25, 0.3) is 10.7 Å². The second-order valence-electron chi connectivity index (χ2n) is 3.51. The van der Waals surface area contributed by atoms with Gasteiger partial charge < -0.3 is 0 Å². The van der Waals surface area contributed by atoms with Crippen molar-refractivity contribution in [1.29, 1.82) is 0 Å². The van der Waals surface area contributed by atoms with Gasteiger partial charge in [-0.1, -0.05) is 4.49 Å². The van der Waals surface area contributed by atoms with E-state index in [-0.39, 0.29) is 0 Å². The predicted octanol–water partition coefficient (Wildman–Crippen LogP) is 1.51. The summed E-state index contributed by atoms with van der Waals surface area (Å²) in [4.78, 5) is 5.41. The smallest absolute Gasteiger partial charge is 0.194 e. The van der Waals surface area contributed by atoms with Gasteiger partial charge in [0.1, 0.15) is 10.7 Å². The lowest BCUT2D eigenvalue weighted by Crippen LogP contribution is -1.82. The minimum absolute atomic E-state index is 0.609. The number of aromatic nitrogens is 5. The summed E-state index contributed by atoms with van der Waals surface area (Å²) in [5.74, 6) is 2.35. The number of H-pyrrole nitrogens is 1. The molecule has 0 aromatic carbocycles. The van der Waals surface area contributed by atoms with Crippen LogP contribution in [0.2, 0.25) is 0 Å². The average Bonchev–Trinajstić information content (AvgIpc) is 2.75. The maximum Gasteiger partial charge on any atom is 0.194 e. The van der Waals surface area contributed by atoms with Crippen molar-refractivity contribution in [3.63, 3.8) is 0 Å². The fraction of sp³-hybridized carbons (Fsp3) is 0.500. The van der Waals surface area contributed by atoms with E-state index in [1.165, 1.54) is 24.4 Å². The first-order chi connectivity index (χ1) is 6.84. The minimum atomic E-state index is 0.609. The van der Waals surface area contributed by atoms with Gasteiger partial charge in [0.25, 0.3) is 0 Å².